The molecule has 0 aliphatic heterocycles. The zero-order valence-electron chi connectivity index (χ0n) is 16.2. The number of benzene rings is 1. The van der Waals surface area contributed by atoms with E-state index in [1.54, 1.807) is 11.9 Å². The number of rotatable bonds is 6. The van der Waals surface area contributed by atoms with E-state index in [-0.39, 0.29) is 49.2 Å². The van der Waals surface area contributed by atoms with E-state index in [0.717, 1.165) is 6.07 Å². The van der Waals surface area contributed by atoms with E-state index < -0.39 is 29.0 Å². The summed E-state index contributed by atoms with van der Waals surface area (Å²) in [5.74, 6) is 0.505. The Balaban J connectivity index is 2.27. The Morgan fingerprint density at radius 3 is 2.45 bits per heavy atom. The van der Waals surface area contributed by atoms with Gasteiger partial charge in [-0.05, 0) is 31.7 Å². The van der Waals surface area contributed by atoms with Crippen molar-refractivity contribution in [2.75, 3.05) is 30.9 Å². The minimum absolute atomic E-state index is 0.0476. The smallest absolute Gasteiger partial charge is 0.383 e. The predicted octanol–water partition coefficient (Wildman–Crippen LogP) is 3.56. The first-order valence-corrected chi connectivity index (χ1v) is 9.10. The molecule has 2 N–H and O–H groups in total. The number of hydrogen-bond acceptors (Lipinski definition) is 5. The van der Waals surface area contributed by atoms with E-state index in [1.165, 1.54) is 13.1 Å². The third-order valence-corrected chi connectivity index (χ3v) is 5.09. The average molecular weight is 412 g/mol. The normalized spacial score (nSPS) is 19.2. The van der Waals surface area contributed by atoms with Gasteiger partial charge >= 0.3 is 6.18 Å². The van der Waals surface area contributed by atoms with Crippen LogP contribution in [0, 0.1) is 28.4 Å². The summed E-state index contributed by atoms with van der Waals surface area (Å²) in [6.07, 6.45) is 1.38. The molecule has 2 rings (SSSR count). The number of nitrogens with zero attached hydrogens (tertiary/aromatic N) is 2. The molecule has 0 aromatic heterocycles. The van der Waals surface area contributed by atoms with E-state index in [0.29, 0.717) is 5.69 Å². The first-order chi connectivity index (χ1) is 13.6. The number of halogens is 3. The molecule has 10 heteroatoms. The number of amides is 1. The number of carbonyl (C=O) groups excluding carboxylic acids is 1. The van der Waals surface area contributed by atoms with Crippen LogP contribution in [0.15, 0.2) is 12.1 Å². The lowest BCUT2D eigenvalue weighted by Crippen LogP contribution is -2.40. The van der Waals surface area contributed by atoms with Gasteiger partial charge in [0.2, 0.25) is 0 Å². The van der Waals surface area contributed by atoms with Gasteiger partial charge in [-0.2, -0.15) is 13.2 Å². The third kappa shape index (κ3) is 5.31. The Morgan fingerprint density at radius 2 is 1.97 bits per heavy atom. The van der Waals surface area contributed by atoms with Crippen molar-refractivity contribution in [3.63, 3.8) is 0 Å². The summed E-state index contributed by atoms with van der Waals surface area (Å²) in [7, 11) is 3.16. The van der Waals surface area contributed by atoms with Gasteiger partial charge in [-0.3, -0.25) is 14.9 Å². The van der Waals surface area contributed by atoms with Gasteiger partial charge in [0.05, 0.1) is 28.6 Å². The van der Waals surface area contributed by atoms with Crippen LogP contribution in [0.3, 0.4) is 0 Å². The molecule has 1 aromatic rings. The zero-order chi connectivity index (χ0) is 21.8. The molecule has 29 heavy (non-hydrogen) atoms. The Morgan fingerprint density at radius 1 is 1.34 bits per heavy atom. The van der Waals surface area contributed by atoms with Gasteiger partial charge < -0.3 is 15.5 Å². The molecule has 0 atom stereocenters. The van der Waals surface area contributed by atoms with E-state index in [9.17, 15) is 28.1 Å². The lowest BCUT2D eigenvalue weighted by Gasteiger charge is -2.30. The van der Waals surface area contributed by atoms with Gasteiger partial charge in [-0.1, -0.05) is 5.92 Å². The molecule has 1 aliphatic rings. The summed E-state index contributed by atoms with van der Waals surface area (Å²) in [6.45, 7) is 0.165. The summed E-state index contributed by atoms with van der Waals surface area (Å²) in [5, 5.41) is 16.8. The van der Waals surface area contributed by atoms with Crippen LogP contribution in [0.25, 0.3) is 0 Å². The molecule has 1 aliphatic carbocycles. The van der Waals surface area contributed by atoms with Crippen LogP contribution in [0.2, 0.25) is 0 Å². The van der Waals surface area contributed by atoms with Crippen LogP contribution < -0.4 is 15.5 Å². The maximum Gasteiger partial charge on any atom is 0.391 e. The van der Waals surface area contributed by atoms with Crippen LogP contribution in [-0.2, 0) is 0 Å². The number of alkyl halides is 3. The molecule has 0 radical (unpaired) electrons. The minimum atomic E-state index is -4.23. The first-order valence-electron chi connectivity index (χ1n) is 9.10. The molecular weight excluding hydrogens is 389 g/mol. The van der Waals surface area contributed by atoms with Gasteiger partial charge in [0.25, 0.3) is 11.6 Å². The molecule has 0 saturated heterocycles. The van der Waals surface area contributed by atoms with Crippen molar-refractivity contribution in [2.45, 2.75) is 37.9 Å². The summed E-state index contributed by atoms with van der Waals surface area (Å²) < 4.78 is 38.5. The number of anilines is 2. The molecular formula is C19H23F3N4O3. The maximum atomic E-state index is 12.8. The minimum Gasteiger partial charge on any atom is -0.383 e. The van der Waals surface area contributed by atoms with Crippen LogP contribution in [0.5, 0.6) is 0 Å². The molecule has 0 unspecified atom stereocenters. The number of hydrogen-bond donors (Lipinski definition) is 2. The Bertz CT molecular complexity index is 812. The molecule has 1 fully saturated rings. The molecule has 0 bridgehead atoms. The Labute approximate surface area is 166 Å². The lowest BCUT2D eigenvalue weighted by atomic mass is 9.85. The molecule has 7 nitrogen and oxygen atoms in total. The molecule has 0 spiro atoms. The van der Waals surface area contributed by atoms with Crippen LogP contribution in [0.1, 0.15) is 36.0 Å². The average Bonchev–Trinajstić information content (AvgIpc) is 2.66. The second kappa shape index (κ2) is 9.03. The second-order valence-electron chi connectivity index (χ2n) is 7.02. The Kier molecular flexibility index (Phi) is 6.95. The number of carbonyl (C=O) groups is 1. The highest BCUT2D eigenvalue weighted by molar-refractivity contribution is 6.02. The van der Waals surface area contributed by atoms with E-state index in [1.807, 2.05) is 0 Å². The number of nitro benzene ring substituents is 1. The van der Waals surface area contributed by atoms with Gasteiger partial charge in [0, 0.05) is 26.2 Å². The molecule has 0 heterocycles. The van der Waals surface area contributed by atoms with Crippen LogP contribution in [0.4, 0.5) is 30.2 Å². The lowest BCUT2D eigenvalue weighted by molar-refractivity contribution is -0.383. The van der Waals surface area contributed by atoms with Crippen molar-refractivity contribution < 1.29 is 22.9 Å². The van der Waals surface area contributed by atoms with Crippen LogP contribution >= 0.6 is 0 Å². The molecule has 1 saturated carbocycles. The quantitative estimate of drug-likeness (QED) is 0.424. The predicted molar refractivity (Wildman–Crippen MR) is 104 cm³/mol. The second-order valence-corrected chi connectivity index (χ2v) is 7.02. The summed E-state index contributed by atoms with van der Waals surface area (Å²) in [6, 6.07) is 2.20. The SMILES string of the molecule is C#CCN(C)c1cc(NC)c([N+](=O)[O-])cc1C(=O)NC1CCC(C(F)(F)F)CC1. The fourth-order valence-electron chi connectivity index (χ4n) is 3.48. The topological polar surface area (TPSA) is 87.5 Å². The number of nitrogens with one attached hydrogen (secondary N) is 2. The number of terminal acetylenes is 1. The standard InChI is InChI=1S/C19H23F3N4O3/c1-4-9-25(3)16-11-15(23-2)17(26(28)29)10-14(16)18(27)24-13-7-5-12(6-8-13)19(20,21)22/h1,10-13,23H,5-9H2,2-3H3,(H,24,27). The maximum absolute atomic E-state index is 12.8. The highest BCUT2D eigenvalue weighted by atomic mass is 19.4. The van der Waals surface area contributed by atoms with Gasteiger partial charge in [-0.15, -0.1) is 6.42 Å². The fraction of sp³-hybridized carbons (Fsp3) is 0.526. The van der Waals surface area contributed by atoms with Crippen molar-refractivity contribution in [2.24, 2.45) is 5.92 Å². The van der Waals surface area contributed by atoms with Crippen molar-refractivity contribution >= 4 is 23.0 Å². The largest absolute Gasteiger partial charge is 0.391 e. The monoisotopic (exact) mass is 412 g/mol. The van der Waals surface area contributed by atoms with Gasteiger partial charge in [0.1, 0.15) is 5.69 Å². The summed E-state index contributed by atoms with van der Waals surface area (Å²) in [4.78, 5) is 25.2. The zero-order valence-corrected chi connectivity index (χ0v) is 16.2. The molecule has 158 valence electrons. The third-order valence-electron chi connectivity index (χ3n) is 5.09. The van der Waals surface area contributed by atoms with Crippen molar-refractivity contribution in [3.8, 4) is 12.3 Å². The summed E-state index contributed by atoms with van der Waals surface area (Å²) >= 11 is 0. The van der Waals surface area contributed by atoms with Crippen molar-refractivity contribution in [1.29, 1.82) is 0 Å². The number of nitro groups is 1. The van der Waals surface area contributed by atoms with Crippen molar-refractivity contribution in [3.05, 3.63) is 27.8 Å². The fourth-order valence-corrected chi connectivity index (χ4v) is 3.48. The molecule has 1 amide bonds. The van der Waals surface area contributed by atoms with Crippen molar-refractivity contribution in [1.82, 2.24) is 5.32 Å². The Hall–Kier alpha value is -2.96. The van der Waals surface area contributed by atoms with Crippen LogP contribution in [-0.4, -0.2) is 43.7 Å². The highest BCUT2D eigenvalue weighted by Gasteiger charge is 2.41. The van der Waals surface area contributed by atoms with E-state index in [2.05, 4.69) is 16.6 Å². The van der Waals surface area contributed by atoms with E-state index in [4.69, 9.17) is 6.42 Å². The highest BCUT2D eigenvalue weighted by Crippen LogP contribution is 2.38. The summed E-state index contributed by atoms with van der Waals surface area (Å²) in [5.41, 5.74) is 0.373. The van der Waals surface area contributed by atoms with E-state index >= 15 is 0 Å². The van der Waals surface area contributed by atoms with Gasteiger partial charge in [-0.25, -0.2) is 0 Å². The first kappa shape index (κ1) is 22.3. The van der Waals surface area contributed by atoms with Gasteiger partial charge in [0.15, 0.2) is 0 Å². The molecule has 1 aromatic carbocycles.